The van der Waals surface area contributed by atoms with E-state index >= 15 is 0 Å². The molecule has 2 rings (SSSR count). The number of nitrogens with one attached hydrogen (secondary N) is 2. The highest BCUT2D eigenvalue weighted by atomic mass is 16.5. The van der Waals surface area contributed by atoms with Crippen LogP contribution in [0.1, 0.15) is 25.3 Å². The van der Waals surface area contributed by atoms with Gasteiger partial charge in [-0.05, 0) is 25.3 Å². The van der Waals surface area contributed by atoms with Gasteiger partial charge >= 0.3 is 6.01 Å². The lowest BCUT2D eigenvalue weighted by molar-refractivity contribution is -0.116. The van der Waals surface area contributed by atoms with Crippen molar-refractivity contribution in [3.8, 4) is 6.01 Å². The first-order chi connectivity index (χ1) is 9.78. The van der Waals surface area contributed by atoms with E-state index in [1.165, 1.54) is 5.56 Å². The molecule has 1 aromatic heterocycles. The topological polar surface area (TPSA) is 79.9 Å². The van der Waals surface area contributed by atoms with Crippen molar-refractivity contribution in [2.24, 2.45) is 0 Å². The van der Waals surface area contributed by atoms with E-state index in [1.54, 1.807) is 0 Å². The van der Waals surface area contributed by atoms with E-state index in [0.717, 1.165) is 12.8 Å². The van der Waals surface area contributed by atoms with Crippen LogP contribution in [0.3, 0.4) is 0 Å². The number of carbonyl (C=O) groups is 1. The normalized spacial score (nSPS) is 10.2. The van der Waals surface area contributed by atoms with Crippen LogP contribution >= 0.6 is 0 Å². The van der Waals surface area contributed by atoms with E-state index in [9.17, 15) is 4.79 Å². The van der Waals surface area contributed by atoms with Crippen molar-refractivity contribution in [2.75, 3.05) is 11.9 Å². The number of anilines is 1. The Morgan fingerprint density at radius 3 is 2.90 bits per heavy atom. The Bertz CT molecular complexity index is 539. The van der Waals surface area contributed by atoms with Crippen molar-refractivity contribution in [1.29, 1.82) is 0 Å². The predicted molar refractivity (Wildman–Crippen MR) is 75.6 cm³/mol. The average molecular weight is 274 g/mol. The smallest absolute Gasteiger partial charge is 0.337 e. The van der Waals surface area contributed by atoms with Gasteiger partial charge in [0.05, 0.1) is 6.61 Å². The van der Waals surface area contributed by atoms with E-state index in [0.29, 0.717) is 19.0 Å². The van der Waals surface area contributed by atoms with Crippen LogP contribution in [0.15, 0.2) is 30.3 Å². The fourth-order valence-corrected chi connectivity index (χ4v) is 1.79. The summed E-state index contributed by atoms with van der Waals surface area (Å²) in [5.74, 6) is 0.235. The third kappa shape index (κ3) is 4.38. The molecular weight excluding hydrogens is 256 g/mol. The van der Waals surface area contributed by atoms with Crippen molar-refractivity contribution >= 4 is 11.9 Å². The van der Waals surface area contributed by atoms with Crippen LogP contribution in [-0.2, 0) is 11.2 Å². The molecule has 2 aromatic rings. The van der Waals surface area contributed by atoms with Gasteiger partial charge in [0.15, 0.2) is 0 Å². The molecule has 2 N–H and O–H groups in total. The molecule has 20 heavy (non-hydrogen) atoms. The highest BCUT2D eigenvalue weighted by Crippen LogP contribution is 2.08. The molecule has 6 heteroatoms. The average Bonchev–Trinajstić information content (AvgIpc) is 2.88. The molecule has 0 bridgehead atoms. The summed E-state index contributed by atoms with van der Waals surface area (Å²) in [6.45, 7) is 2.33. The molecule has 0 aliphatic carbocycles. The zero-order valence-electron chi connectivity index (χ0n) is 11.4. The molecule has 0 atom stereocenters. The minimum atomic E-state index is -0.0832. The quantitative estimate of drug-likeness (QED) is 0.811. The lowest BCUT2D eigenvalue weighted by Crippen LogP contribution is -2.12. The number of amides is 1. The number of aromatic amines is 1. The Balaban J connectivity index is 1.72. The van der Waals surface area contributed by atoms with E-state index in [1.807, 2.05) is 25.1 Å². The third-order valence-electron chi connectivity index (χ3n) is 2.71. The lowest BCUT2D eigenvalue weighted by Gasteiger charge is -2.02. The van der Waals surface area contributed by atoms with Crippen LogP contribution in [0.4, 0.5) is 5.95 Å². The molecule has 1 amide bonds. The van der Waals surface area contributed by atoms with Gasteiger partial charge in [0, 0.05) is 6.42 Å². The summed E-state index contributed by atoms with van der Waals surface area (Å²) in [5, 5.41) is 9.08. The molecule has 0 spiro atoms. The summed E-state index contributed by atoms with van der Waals surface area (Å²) in [7, 11) is 0. The Morgan fingerprint density at radius 1 is 1.35 bits per heavy atom. The molecule has 1 aromatic carbocycles. The van der Waals surface area contributed by atoms with Gasteiger partial charge in [-0.3, -0.25) is 10.1 Å². The van der Waals surface area contributed by atoms with Gasteiger partial charge in [0.1, 0.15) is 0 Å². The van der Waals surface area contributed by atoms with Gasteiger partial charge < -0.3 is 4.74 Å². The van der Waals surface area contributed by atoms with Gasteiger partial charge in [0.2, 0.25) is 11.9 Å². The van der Waals surface area contributed by atoms with Crippen LogP contribution in [0.5, 0.6) is 6.01 Å². The highest BCUT2D eigenvalue weighted by molar-refractivity contribution is 5.88. The number of hydrogen-bond acceptors (Lipinski definition) is 4. The molecule has 0 aliphatic heterocycles. The van der Waals surface area contributed by atoms with Crippen molar-refractivity contribution in [2.45, 2.75) is 26.2 Å². The lowest BCUT2D eigenvalue weighted by atomic mass is 10.1. The van der Waals surface area contributed by atoms with Gasteiger partial charge in [-0.2, -0.15) is 4.98 Å². The number of rotatable bonds is 7. The van der Waals surface area contributed by atoms with Gasteiger partial charge in [-0.1, -0.05) is 30.3 Å². The zero-order chi connectivity index (χ0) is 14.2. The minimum absolute atomic E-state index is 0.0832. The minimum Gasteiger partial charge on any atom is -0.463 e. The van der Waals surface area contributed by atoms with Crippen molar-refractivity contribution in [1.82, 2.24) is 15.2 Å². The molecule has 6 nitrogen and oxygen atoms in total. The predicted octanol–water partition coefficient (Wildman–Crippen LogP) is 2.16. The standard InChI is InChI=1S/C14H18N4O2/c1-2-20-14-16-13(17-18-14)15-12(19)10-6-9-11-7-4-3-5-8-11/h3-5,7-8H,2,6,9-10H2,1H3,(H2,15,16,17,18,19). The molecular formula is C14H18N4O2. The largest absolute Gasteiger partial charge is 0.463 e. The maximum Gasteiger partial charge on any atom is 0.337 e. The number of H-pyrrole nitrogens is 1. The summed E-state index contributed by atoms with van der Waals surface area (Å²) >= 11 is 0. The SMILES string of the molecule is CCOc1n[nH]c(NC(=O)CCCc2ccccc2)n1. The fourth-order valence-electron chi connectivity index (χ4n) is 1.79. The van der Waals surface area contributed by atoms with Crippen LogP contribution in [0, 0.1) is 0 Å². The van der Waals surface area contributed by atoms with Crippen LogP contribution < -0.4 is 10.1 Å². The number of ether oxygens (including phenoxy) is 1. The molecule has 0 radical (unpaired) electrons. The van der Waals surface area contributed by atoms with Gasteiger partial charge in [0.25, 0.3) is 0 Å². The van der Waals surface area contributed by atoms with Crippen molar-refractivity contribution in [3.05, 3.63) is 35.9 Å². The van der Waals surface area contributed by atoms with E-state index in [4.69, 9.17) is 4.74 Å². The second-order valence-electron chi connectivity index (χ2n) is 4.29. The number of aryl methyl sites for hydroxylation is 1. The second kappa shape index (κ2) is 7.28. The molecule has 0 unspecified atom stereocenters. The number of aromatic nitrogens is 3. The van der Waals surface area contributed by atoms with Gasteiger partial charge in [-0.15, -0.1) is 5.10 Å². The molecule has 0 saturated carbocycles. The van der Waals surface area contributed by atoms with E-state index < -0.39 is 0 Å². The molecule has 0 fully saturated rings. The number of carbonyl (C=O) groups excluding carboxylic acids is 1. The monoisotopic (exact) mass is 274 g/mol. The van der Waals surface area contributed by atoms with Crippen LogP contribution in [0.25, 0.3) is 0 Å². The summed E-state index contributed by atoms with van der Waals surface area (Å²) in [5.41, 5.74) is 1.23. The maximum absolute atomic E-state index is 11.7. The molecule has 0 aliphatic rings. The molecule has 106 valence electrons. The zero-order valence-corrected chi connectivity index (χ0v) is 11.4. The Hall–Kier alpha value is -2.37. The number of nitrogens with zero attached hydrogens (tertiary/aromatic N) is 2. The van der Waals surface area contributed by atoms with Crippen molar-refractivity contribution < 1.29 is 9.53 Å². The maximum atomic E-state index is 11.7. The Labute approximate surface area is 117 Å². The first kappa shape index (κ1) is 14.0. The summed E-state index contributed by atoms with van der Waals surface area (Å²) in [6, 6.07) is 10.3. The summed E-state index contributed by atoms with van der Waals surface area (Å²) < 4.78 is 5.10. The van der Waals surface area contributed by atoms with Crippen LogP contribution in [0.2, 0.25) is 0 Å². The fraction of sp³-hybridized carbons (Fsp3) is 0.357. The highest BCUT2D eigenvalue weighted by Gasteiger charge is 2.07. The third-order valence-corrected chi connectivity index (χ3v) is 2.71. The molecule has 0 saturated heterocycles. The van der Waals surface area contributed by atoms with Crippen LogP contribution in [-0.4, -0.2) is 27.7 Å². The summed E-state index contributed by atoms with van der Waals surface area (Å²) in [6.07, 6.45) is 2.12. The molecule has 1 heterocycles. The number of benzene rings is 1. The van der Waals surface area contributed by atoms with E-state index in [2.05, 4.69) is 32.6 Å². The second-order valence-corrected chi connectivity index (χ2v) is 4.29. The number of hydrogen-bond donors (Lipinski definition) is 2. The van der Waals surface area contributed by atoms with Crippen molar-refractivity contribution in [3.63, 3.8) is 0 Å². The van der Waals surface area contributed by atoms with E-state index in [-0.39, 0.29) is 11.9 Å². The first-order valence-corrected chi connectivity index (χ1v) is 6.67. The Kier molecular flexibility index (Phi) is 5.11. The first-order valence-electron chi connectivity index (χ1n) is 6.67. The Morgan fingerprint density at radius 2 is 2.15 bits per heavy atom. The summed E-state index contributed by atoms with van der Waals surface area (Å²) in [4.78, 5) is 15.7. The van der Waals surface area contributed by atoms with Gasteiger partial charge in [-0.25, -0.2) is 5.10 Å².